The molecule has 1 aromatic rings. The van der Waals surface area contributed by atoms with Crippen LogP contribution in [-0.2, 0) is 0 Å². The van der Waals surface area contributed by atoms with Crippen LogP contribution in [0.4, 0.5) is 11.5 Å². The van der Waals surface area contributed by atoms with Crippen LogP contribution in [0.3, 0.4) is 0 Å². The summed E-state index contributed by atoms with van der Waals surface area (Å²) in [5, 5.41) is 23.2. The molecule has 18 heavy (non-hydrogen) atoms. The first-order valence-electron chi connectivity index (χ1n) is 5.61. The molecule has 100 valence electrons. The summed E-state index contributed by atoms with van der Waals surface area (Å²) in [6.45, 7) is 3.81. The van der Waals surface area contributed by atoms with Crippen molar-refractivity contribution in [3.63, 3.8) is 0 Å². The van der Waals surface area contributed by atoms with Crippen LogP contribution in [0.1, 0.15) is 26.7 Å². The summed E-state index contributed by atoms with van der Waals surface area (Å²) in [5.74, 6) is 0.169. The Kier molecular flexibility index (Phi) is 4.86. The lowest BCUT2D eigenvalue weighted by molar-refractivity contribution is -0.384. The van der Waals surface area contributed by atoms with E-state index < -0.39 is 10.5 Å². The summed E-state index contributed by atoms with van der Waals surface area (Å²) in [4.78, 5) is 14.3. The number of aliphatic hydroxyl groups is 1. The van der Waals surface area contributed by atoms with E-state index in [4.69, 9.17) is 16.7 Å². The maximum atomic E-state index is 10.9. The fourth-order valence-electron chi connectivity index (χ4n) is 1.52. The molecule has 0 aromatic carbocycles. The third-order valence-corrected chi connectivity index (χ3v) is 3.10. The van der Waals surface area contributed by atoms with Gasteiger partial charge in [0.2, 0.25) is 5.82 Å². The van der Waals surface area contributed by atoms with Crippen molar-refractivity contribution >= 4 is 23.1 Å². The molecule has 0 amide bonds. The molecule has 0 fully saturated rings. The Balaban J connectivity index is 3.06. The fraction of sp³-hybridized carbons (Fsp3) is 0.545. The Bertz CT molecular complexity index is 442. The first-order chi connectivity index (χ1) is 8.41. The van der Waals surface area contributed by atoms with Crippen LogP contribution in [0, 0.1) is 10.1 Å². The molecule has 1 atom stereocenters. The number of pyridine rings is 1. The first kappa shape index (κ1) is 14.7. The Morgan fingerprint density at radius 1 is 1.67 bits per heavy atom. The third-order valence-electron chi connectivity index (χ3n) is 2.89. The number of hydrogen-bond acceptors (Lipinski definition) is 5. The van der Waals surface area contributed by atoms with Crippen LogP contribution in [0.5, 0.6) is 0 Å². The van der Waals surface area contributed by atoms with Crippen molar-refractivity contribution in [3.8, 4) is 0 Å². The highest BCUT2D eigenvalue weighted by molar-refractivity contribution is 6.30. The van der Waals surface area contributed by atoms with Gasteiger partial charge in [-0.25, -0.2) is 4.98 Å². The number of anilines is 1. The van der Waals surface area contributed by atoms with Crippen molar-refractivity contribution in [2.45, 2.75) is 32.2 Å². The molecule has 2 N–H and O–H groups in total. The maximum absolute atomic E-state index is 10.9. The first-order valence-corrected chi connectivity index (χ1v) is 5.98. The summed E-state index contributed by atoms with van der Waals surface area (Å²) in [5.41, 5.74) is -0.611. The SMILES string of the molecule is CCC(C)(CCO)Nc1ncc(Cl)cc1[N+](=O)[O-]. The summed E-state index contributed by atoms with van der Waals surface area (Å²) >= 11 is 5.69. The Morgan fingerprint density at radius 2 is 2.33 bits per heavy atom. The highest BCUT2D eigenvalue weighted by atomic mass is 35.5. The van der Waals surface area contributed by atoms with E-state index in [1.54, 1.807) is 0 Å². The second-order valence-electron chi connectivity index (χ2n) is 4.29. The van der Waals surface area contributed by atoms with Gasteiger partial charge in [-0.2, -0.15) is 0 Å². The van der Waals surface area contributed by atoms with E-state index in [2.05, 4.69) is 10.3 Å². The number of nitro groups is 1. The lowest BCUT2D eigenvalue weighted by Crippen LogP contribution is -2.35. The lowest BCUT2D eigenvalue weighted by Gasteiger charge is -2.29. The van der Waals surface area contributed by atoms with Gasteiger partial charge in [-0.3, -0.25) is 10.1 Å². The standard InChI is InChI=1S/C11H16ClN3O3/c1-3-11(2,4-5-16)14-10-9(15(17)18)6-8(12)7-13-10/h6-7,16H,3-5H2,1-2H3,(H,13,14). The van der Waals surface area contributed by atoms with Gasteiger partial charge in [0.25, 0.3) is 0 Å². The molecule has 1 aromatic heterocycles. The highest BCUT2D eigenvalue weighted by Gasteiger charge is 2.26. The van der Waals surface area contributed by atoms with Crippen molar-refractivity contribution < 1.29 is 10.0 Å². The quantitative estimate of drug-likeness (QED) is 0.614. The average molecular weight is 274 g/mol. The van der Waals surface area contributed by atoms with Gasteiger partial charge < -0.3 is 10.4 Å². The second kappa shape index (κ2) is 5.97. The minimum absolute atomic E-state index is 0.00126. The van der Waals surface area contributed by atoms with Gasteiger partial charge in [-0.05, 0) is 19.8 Å². The monoisotopic (exact) mass is 273 g/mol. The van der Waals surface area contributed by atoms with E-state index in [9.17, 15) is 10.1 Å². The zero-order valence-corrected chi connectivity index (χ0v) is 11.1. The van der Waals surface area contributed by atoms with E-state index in [-0.39, 0.29) is 23.1 Å². The average Bonchev–Trinajstić information content (AvgIpc) is 2.31. The van der Waals surface area contributed by atoms with Gasteiger partial charge in [0.1, 0.15) is 0 Å². The van der Waals surface area contributed by atoms with E-state index in [0.717, 1.165) is 0 Å². The maximum Gasteiger partial charge on any atom is 0.312 e. The Morgan fingerprint density at radius 3 is 2.83 bits per heavy atom. The molecule has 0 aliphatic rings. The number of nitrogens with zero attached hydrogens (tertiary/aromatic N) is 2. The third kappa shape index (κ3) is 3.54. The number of aliphatic hydroxyl groups excluding tert-OH is 1. The summed E-state index contributed by atoms with van der Waals surface area (Å²) in [6, 6.07) is 1.26. The van der Waals surface area contributed by atoms with Crippen molar-refractivity contribution in [3.05, 3.63) is 27.4 Å². The molecule has 0 aliphatic heterocycles. The van der Waals surface area contributed by atoms with E-state index in [1.807, 2.05) is 13.8 Å². The minimum Gasteiger partial charge on any atom is -0.396 e. The summed E-state index contributed by atoms with van der Waals surface area (Å²) in [6.07, 6.45) is 2.53. The van der Waals surface area contributed by atoms with Gasteiger partial charge in [-0.1, -0.05) is 18.5 Å². The number of rotatable bonds is 6. The van der Waals surface area contributed by atoms with E-state index in [0.29, 0.717) is 12.8 Å². The van der Waals surface area contributed by atoms with E-state index >= 15 is 0 Å². The number of hydrogen-bond donors (Lipinski definition) is 2. The second-order valence-corrected chi connectivity index (χ2v) is 4.73. The molecular formula is C11H16ClN3O3. The Hall–Kier alpha value is -1.40. The van der Waals surface area contributed by atoms with Crippen LogP contribution in [0.15, 0.2) is 12.3 Å². The molecule has 0 spiro atoms. The Labute approximate surface area is 110 Å². The van der Waals surface area contributed by atoms with E-state index in [1.165, 1.54) is 12.3 Å². The molecule has 7 heteroatoms. The molecule has 1 rings (SSSR count). The highest BCUT2D eigenvalue weighted by Crippen LogP contribution is 2.29. The molecule has 0 saturated heterocycles. The summed E-state index contributed by atoms with van der Waals surface area (Å²) in [7, 11) is 0. The molecule has 0 aliphatic carbocycles. The summed E-state index contributed by atoms with van der Waals surface area (Å²) < 4.78 is 0. The predicted molar refractivity (Wildman–Crippen MR) is 69.9 cm³/mol. The topological polar surface area (TPSA) is 88.3 Å². The van der Waals surface area contributed by atoms with Gasteiger partial charge in [0, 0.05) is 24.4 Å². The fourth-order valence-corrected chi connectivity index (χ4v) is 1.68. The zero-order chi connectivity index (χ0) is 13.8. The van der Waals surface area contributed by atoms with Crippen molar-refractivity contribution in [2.24, 2.45) is 0 Å². The molecule has 0 bridgehead atoms. The predicted octanol–water partition coefficient (Wildman–Crippen LogP) is 2.61. The van der Waals surface area contributed by atoms with Crippen LogP contribution >= 0.6 is 11.6 Å². The molecular weight excluding hydrogens is 258 g/mol. The molecule has 0 saturated carbocycles. The normalized spacial score (nSPS) is 14.0. The van der Waals surface area contributed by atoms with Crippen molar-refractivity contribution in [1.82, 2.24) is 4.98 Å². The van der Waals surface area contributed by atoms with Crippen LogP contribution in [-0.4, -0.2) is 27.2 Å². The minimum atomic E-state index is -0.532. The van der Waals surface area contributed by atoms with Gasteiger partial charge in [0.05, 0.1) is 9.95 Å². The van der Waals surface area contributed by atoms with Crippen LogP contribution in [0.25, 0.3) is 0 Å². The van der Waals surface area contributed by atoms with Crippen LogP contribution < -0.4 is 5.32 Å². The molecule has 0 radical (unpaired) electrons. The molecule has 1 heterocycles. The van der Waals surface area contributed by atoms with Gasteiger partial charge >= 0.3 is 5.69 Å². The molecule has 1 unspecified atom stereocenters. The van der Waals surface area contributed by atoms with Crippen LogP contribution in [0.2, 0.25) is 5.02 Å². The van der Waals surface area contributed by atoms with Gasteiger partial charge in [-0.15, -0.1) is 0 Å². The van der Waals surface area contributed by atoms with Crippen molar-refractivity contribution in [2.75, 3.05) is 11.9 Å². The zero-order valence-electron chi connectivity index (χ0n) is 10.3. The largest absolute Gasteiger partial charge is 0.396 e. The van der Waals surface area contributed by atoms with Gasteiger partial charge in [0.15, 0.2) is 0 Å². The number of aromatic nitrogens is 1. The number of nitrogens with one attached hydrogen (secondary N) is 1. The van der Waals surface area contributed by atoms with Crippen molar-refractivity contribution in [1.29, 1.82) is 0 Å². The number of halogens is 1. The molecule has 6 nitrogen and oxygen atoms in total. The lowest BCUT2D eigenvalue weighted by atomic mass is 9.95. The smallest absolute Gasteiger partial charge is 0.312 e.